The Hall–Kier alpha value is -2.44. The van der Waals surface area contributed by atoms with Crippen molar-refractivity contribution < 1.29 is 24.5 Å². The number of carbonyl (C=O) groups is 2. The SMILES string of the molecule is CCCCC/C=C\C/C=C\CCCCCCCCCCCC(=O)OCC/C=C\C/C=C\CCCCCCCCCCCCCCCCC(=O)NC(CO)C(O)/C=C/CCCCCCCCCCCCCC. The summed E-state index contributed by atoms with van der Waals surface area (Å²) in [4.78, 5) is 24.5. The molecule has 0 saturated heterocycles. The van der Waals surface area contributed by atoms with Crippen molar-refractivity contribution in [3.8, 4) is 0 Å². The summed E-state index contributed by atoms with van der Waals surface area (Å²) in [6.45, 7) is 4.77. The number of carbonyl (C=O) groups excluding carboxylic acids is 2. The summed E-state index contributed by atoms with van der Waals surface area (Å²) in [5, 5.41) is 23.1. The largest absolute Gasteiger partial charge is 0.465 e. The van der Waals surface area contributed by atoms with Crippen molar-refractivity contribution in [2.45, 2.75) is 328 Å². The molecule has 0 fully saturated rings. The van der Waals surface area contributed by atoms with Gasteiger partial charge in [-0.15, -0.1) is 0 Å². The van der Waals surface area contributed by atoms with Gasteiger partial charge in [-0.1, -0.05) is 280 Å². The summed E-state index contributed by atoms with van der Waals surface area (Å²) in [6.07, 6.45) is 78.4. The number of aliphatic hydroxyl groups excluding tert-OH is 2. The van der Waals surface area contributed by atoms with E-state index in [1.165, 1.54) is 231 Å². The maximum Gasteiger partial charge on any atom is 0.305 e. The fraction of sp³-hybridized carbons (Fsp3) is 0.815. The molecule has 0 spiro atoms. The van der Waals surface area contributed by atoms with Gasteiger partial charge in [-0.25, -0.2) is 0 Å². The second-order valence-corrected chi connectivity index (χ2v) is 21.0. The van der Waals surface area contributed by atoms with Gasteiger partial charge in [0.2, 0.25) is 5.91 Å². The third kappa shape index (κ3) is 56.7. The topological polar surface area (TPSA) is 95.9 Å². The number of hydrogen-bond acceptors (Lipinski definition) is 5. The molecular weight excluding hydrogens is 875 g/mol. The summed E-state index contributed by atoms with van der Waals surface area (Å²) in [5.41, 5.74) is 0. The van der Waals surface area contributed by atoms with Crippen LogP contribution in [-0.4, -0.2) is 47.4 Å². The number of nitrogens with one attached hydrogen (secondary N) is 1. The normalized spacial score (nSPS) is 13.0. The van der Waals surface area contributed by atoms with Crippen LogP contribution in [0.15, 0.2) is 60.8 Å². The summed E-state index contributed by atoms with van der Waals surface area (Å²) >= 11 is 0. The number of unbranched alkanes of at least 4 members (excludes halogenated alkanes) is 38. The molecule has 0 aromatic rings. The van der Waals surface area contributed by atoms with Gasteiger partial charge in [0, 0.05) is 12.8 Å². The highest BCUT2D eigenvalue weighted by atomic mass is 16.5. The van der Waals surface area contributed by atoms with Crippen LogP contribution in [0.3, 0.4) is 0 Å². The second kappa shape index (κ2) is 60.1. The minimum absolute atomic E-state index is 0.0401. The zero-order valence-corrected chi connectivity index (χ0v) is 47.2. The number of aliphatic hydroxyl groups is 2. The van der Waals surface area contributed by atoms with Gasteiger partial charge in [0.1, 0.15) is 0 Å². The first-order valence-corrected chi connectivity index (χ1v) is 31.1. The van der Waals surface area contributed by atoms with Gasteiger partial charge >= 0.3 is 5.97 Å². The first-order valence-electron chi connectivity index (χ1n) is 31.1. The van der Waals surface area contributed by atoms with Crippen LogP contribution in [0.4, 0.5) is 0 Å². The van der Waals surface area contributed by atoms with Crippen LogP contribution in [-0.2, 0) is 14.3 Å². The van der Waals surface area contributed by atoms with E-state index in [0.717, 1.165) is 57.8 Å². The molecule has 0 aliphatic carbocycles. The highest BCUT2D eigenvalue weighted by Gasteiger charge is 2.18. The Bertz CT molecular complexity index is 1240. The Morgan fingerprint density at radius 2 is 0.704 bits per heavy atom. The van der Waals surface area contributed by atoms with Gasteiger partial charge in [0.05, 0.1) is 25.4 Å². The van der Waals surface area contributed by atoms with Crippen molar-refractivity contribution in [2.24, 2.45) is 0 Å². The molecule has 1 amide bonds. The van der Waals surface area contributed by atoms with Crippen LogP contribution in [0.1, 0.15) is 316 Å². The lowest BCUT2D eigenvalue weighted by Gasteiger charge is -2.20. The van der Waals surface area contributed by atoms with Crippen LogP contribution in [0.25, 0.3) is 0 Å². The Balaban J connectivity index is 3.47. The molecule has 0 aromatic carbocycles. The molecule has 0 aromatic heterocycles. The van der Waals surface area contributed by atoms with Crippen molar-refractivity contribution >= 4 is 11.9 Å². The van der Waals surface area contributed by atoms with E-state index in [2.05, 4.69) is 67.8 Å². The first kappa shape index (κ1) is 68.6. The van der Waals surface area contributed by atoms with Crippen molar-refractivity contribution in [1.29, 1.82) is 0 Å². The van der Waals surface area contributed by atoms with Gasteiger partial charge in [0.25, 0.3) is 0 Å². The summed E-state index contributed by atoms with van der Waals surface area (Å²) < 4.78 is 5.43. The molecule has 6 heteroatoms. The van der Waals surface area contributed by atoms with Gasteiger partial charge < -0.3 is 20.3 Å². The van der Waals surface area contributed by atoms with Crippen molar-refractivity contribution in [2.75, 3.05) is 13.2 Å². The van der Waals surface area contributed by atoms with E-state index in [9.17, 15) is 19.8 Å². The summed E-state index contributed by atoms with van der Waals surface area (Å²) in [7, 11) is 0. The number of rotatable bonds is 57. The standard InChI is InChI=1S/C65H119NO5/c1-3-5-7-9-11-13-15-17-19-20-24-28-31-35-39-43-47-51-55-59-65(70)71-60-56-52-48-44-40-36-32-29-26-23-21-22-25-27-30-34-38-42-46-50-54-58-64(69)66-62(61-67)63(68)57-53-49-45-41-37-33-18-16-14-12-10-8-6-4-2/h11,13,17,19,36,40,48,52-53,57,62-63,67-68H,3-10,12,14-16,18,20-35,37-39,41-47,49-51,54-56,58-61H2,1-2H3,(H,66,69)/b13-11-,19-17-,40-36-,52-48-,57-53+. The first-order chi connectivity index (χ1) is 35.0. The molecular formula is C65H119NO5. The predicted octanol–water partition coefficient (Wildman–Crippen LogP) is 19.5. The summed E-state index contributed by atoms with van der Waals surface area (Å²) in [5.74, 6) is -0.113. The third-order valence-corrected chi connectivity index (χ3v) is 14.0. The van der Waals surface area contributed by atoms with E-state index < -0.39 is 12.1 Å². The van der Waals surface area contributed by atoms with Crippen molar-refractivity contribution in [3.63, 3.8) is 0 Å². The second-order valence-electron chi connectivity index (χ2n) is 21.0. The molecule has 6 nitrogen and oxygen atoms in total. The summed E-state index contributed by atoms with van der Waals surface area (Å²) in [6, 6.07) is -0.633. The smallest absolute Gasteiger partial charge is 0.305 e. The number of hydrogen-bond donors (Lipinski definition) is 3. The number of ether oxygens (including phenoxy) is 1. The van der Waals surface area contributed by atoms with Gasteiger partial charge in [-0.2, -0.15) is 0 Å². The molecule has 2 atom stereocenters. The molecule has 71 heavy (non-hydrogen) atoms. The zero-order valence-electron chi connectivity index (χ0n) is 47.2. The van der Waals surface area contributed by atoms with Crippen molar-refractivity contribution in [1.82, 2.24) is 5.32 Å². The lowest BCUT2D eigenvalue weighted by Crippen LogP contribution is -2.45. The van der Waals surface area contributed by atoms with E-state index in [0.29, 0.717) is 19.4 Å². The van der Waals surface area contributed by atoms with Gasteiger partial charge in [-0.05, 0) is 83.5 Å². The van der Waals surface area contributed by atoms with Crippen LogP contribution >= 0.6 is 0 Å². The molecule has 0 aliphatic heterocycles. The number of esters is 1. The molecule has 3 N–H and O–H groups in total. The Kier molecular flexibility index (Phi) is 58.1. The van der Waals surface area contributed by atoms with Gasteiger partial charge in [0.15, 0.2) is 0 Å². The molecule has 2 unspecified atom stereocenters. The van der Waals surface area contributed by atoms with Crippen LogP contribution in [0.5, 0.6) is 0 Å². The monoisotopic (exact) mass is 994 g/mol. The van der Waals surface area contributed by atoms with E-state index in [4.69, 9.17) is 4.74 Å². The Morgan fingerprint density at radius 1 is 0.394 bits per heavy atom. The van der Waals surface area contributed by atoms with E-state index >= 15 is 0 Å². The highest BCUT2D eigenvalue weighted by Crippen LogP contribution is 2.17. The quantitative estimate of drug-likeness (QED) is 0.0321. The van der Waals surface area contributed by atoms with Gasteiger partial charge in [-0.3, -0.25) is 9.59 Å². The van der Waals surface area contributed by atoms with E-state index in [-0.39, 0.29) is 18.5 Å². The van der Waals surface area contributed by atoms with Crippen LogP contribution in [0, 0.1) is 0 Å². The highest BCUT2D eigenvalue weighted by molar-refractivity contribution is 5.76. The van der Waals surface area contributed by atoms with Crippen LogP contribution in [0.2, 0.25) is 0 Å². The fourth-order valence-electron chi connectivity index (χ4n) is 9.27. The molecule has 0 radical (unpaired) electrons. The predicted molar refractivity (Wildman–Crippen MR) is 310 cm³/mol. The number of amides is 1. The van der Waals surface area contributed by atoms with E-state index in [1.807, 2.05) is 6.08 Å². The van der Waals surface area contributed by atoms with E-state index in [1.54, 1.807) is 6.08 Å². The Labute approximate surface area is 441 Å². The lowest BCUT2D eigenvalue weighted by molar-refractivity contribution is -0.143. The average molecular weight is 995 g/mol. The minimum Gasteiger partial charge on any atom is -0.465 e. The maximum absolute atomic E-state index is 12.5. The molecule has 0 heterocycles. The minimum atomic E-state index is -0.849. The fourth-order valence-corrected chi connectivity index (χ4v) is 9.27. The molecule has 0 rings (SSSR count). The average Bonchev–Trinajstić information content (AvgIpc) is 3.37. The third-order valence-electron chi connectivity index (χ3n) is 14.0. The molecule has 0 aliphatic rings. The zero-order chi connectivity index (χ0) is 51.4. The van der Waals surface area contributed by atoms with Crippen molar-refractivity contribution in [3.05, 3.63) is 60.8 Å². The Morgan fingerprint density at radius 3 is 1.10 bits per heavy atom. The lowest BCUT2D eigenvalue weighted by atomic mass is 10.0. The molecule has 0 bridgehead atoms. The number of allylic oxidation sites excluding steroid dienone is 8. The van der Waals surface area contributed by atoms with Crippen LogP contribution < -0.4 is 5.32 Å². The molecule has 0 saturated carbocycles. The molecule has 414 valence electrons. The maximum atomic E-state index is 12.5.